The molecule has 0 spiro atoms. The zero-order chi connectivity index (χ0) is 9.99. The molecule has 1 atom stereocenters. The molecule has 0 aliphatic carbocycles. The molecule has 1 nitrogen and oxygen atoms in total. The Morgan fingerprint density at radius 1 is 1.17 bits per heavy atom. The molecule has 0 aliphatic rings. The van der Waals surface area contributed by atoms with Gasteiger partial charge >= 0.3 is 6.18 Å². The highest BCUT2D eigenvalue weighted by atomic mass is 32.2. The summed E-state index contributed by atoms with van der Waals surface area (Å²) in [5.41, 5.74) is 0. The zero-order valence-electron chi connectivity index (χ0n) is 7.36. The van der Waals surface area contributed by atoms with Crippen LogP contribution < -0.4 is 0 Å². The average molecular weight is 202 g/mol. The molecule has 0 radical (unpaired) electrons. The van der Waals surface area contributed by atoms with Gasteiger partial charge in [-0.2, -0.15) is 13.2 Å². The third kappa shape index (κ3) is 5.57. The number of alkyl halides is 3. The maximum absolute atomic E-state index is 11.7. The number of rotatable bonds is 2. The van der Waals surface area contributed by atoms with E-state index in [0.29, 0.717) is 0 Å². The van der Waals surface area contributed by atoms with E-state index in [2.05, 4.69) is 0 Å². The second-order valence-electron chi connectivity index (χ2n) is 3.53. The molecule has 0 amide bonds. The number of hydrogen-bond donors (Lipinski definition) is 0. The van der Waals surface area contributed by atoms with Crippen LogP contribution in [-0.4, -0.2) is 20.9 Å². The standard InChI is InChI=1S/C7H13F3OS/c1-6(2,3)12(11)5-4-7(8,9)10/h4-5H2,1-3H3. The Morgan fingerprint density at radius 2 is 1.58 bits per heavy atom. The van der Waals surface area contributed by atoms with Crippen LogP contribution in [0.15, 0.2) is 0 Å². The quantitative estimate of drug-likeness (QED) is 0.672. The average Bonchev–Trinajstić information content (AvgIpc) is 1.78. The first kappa shape index (κ1) is 11.9. The molecule has 12 heavy (non-hydrogen) atoms. The van der Waals surface area contributed by atoms with Gasteiger partial charge in [0.05, 0.1) is 6.42 Å². The summed E-state index contributed by atoms with van der Waals surface area (Å²) < 4.78 is 45.6. The summed E-state index contributed by atoms with van der Waals surface area (Å²) in [5, 5.41) is 0. The van der Waals surface area contributed by atoms with Gasteiger partial charge in [0.2, 0.25) is 0 Å². The molecule has 1 unspecified atom stereocenters. The van der Waals surface area contributed by atoms with Crippen molar-refractivity contribution in [1.29, 1.82) is 0 Å². The molecule has 0 N–H and O–H groups in total. The summed E-state index contributed by atoms with van der Waals surface area (Å²) in [5.74, 6) is -0.299. The van der Waals surface area contributed by atoms with Crippen molar-refractivity contribution in [1.82, 2.24) is 0 Å². The van der Waals surface area contributed by atoms with Gasteiger partial charge in [-0.1, -0.05) is 0 Å². The molecular formula is C7H13F3OS. The Kier molecular flexibility index (Phi) is 3.75. The third-order valence-corrected chi connectivity index (χ3v) is 3.19. The van der Waals surface area contributed by atoms with E-state index in [0.717, 1.165) is 0 Å². The summed E-state index contributed by atoms with van der Waals surface area (Å²) >= 11 is 0. The van der Waals surface area contributed by atoms with E-state index < -0.39 is 28.1 Å². The van der Waals surface area contributed by atoms with Crippen LogP contribution in [0.5, 0.6) is 0 Å². The number of hydrogen-bond acceptors (Lipinski definition) is 1. The van der Waals surface area contributed by atoms with Crippen LogP contribution in [0.1, 0.15) is 27.2 Å². The van der Waals surface area contributed by atoms with Crippen molar-refractivity contribution in [2.75, 3.05) is 5.75 Å². The third-order valence-electron chi connectivity index (χ3n) is 1.25. The minimum atomic E-state index is -4.19. The second-order valence-corrected chi connectivity index (χ2v) is 5.85. The fraction of sp³-hybridized carbons (Fsp3) is 1.00. The molecule has 0 bridgehead atoms. The monoisotopic (exact) mass is 202 g/mol. The zero-order valence-corrected chi connectivity index (χ0v) is 8.18. The van der Waals surface area contributed by atoms with E-state index in [1.807, 2.05) is 0 Å². The molecule has 0 aliphatic heterocycles. The summed E-state index contributed by atoms with van der Waals surface area (Å²) in [6.45, 7) is 5.00. The molecule has 0 aromatic carbocycles. The Labute approximate surface area is 72.8 Å². The van der Waals surface area contributed by atoms with Crippen molar-refractivity contribution in [3.63, 3.8) is 0 Å². The summed E-state index contributed by atoms with van der Waals surface area (Å²) in [4.78, 5) is 0. The van der Waals surface area contributed by atoms with Crippen LogP contribution >= 0.6 is 0 Å². The van der Waals surface area contributed by atoms with Crippen LogP contribution in [0.4, 0.5) is 13.2 Å². The van der Waals surface area contributed by atoms with Crippen LogP contribution in [0.3, 0.4) is 0 Å². The van der Waals surface area contributed by atoms with Gasteiger partial charge < -0.3 is 0 Å². The minimum absolute atomic E-state index is 0.299. The molecule has 74 valence electrons. The first-order chi connectivity index (χ1) is 5.13. The van der Waals surface area contributed by atoms with E-state index in [-0.39, 0.29) is 5.75 Å². The molecule has 0 aromatic rings. The smallest absolute Gasteiger partial charge is 0.259 e. The Bertz CT molecular complexity index is 168. The molecule has 0 rings (SSSR count). The Morgan fingerprint density at radius 3 is 1.83 bits per heavy atom. The second kappa shape index (κ2) is 3.77. The molecular weight excluding hydrogens is 189 g/mol. The largest absolute Gasteiger partial charge is 0.390 e. The van der Waals surface area contributed by atoms with Crippen LogP contribution in [-0.2, 0) is 10.8 Å². The van der Waals surface area contributed by atoms with E-state index in [1.165, 1.54) is 0 Å². The van der Waals surface area contributed by atoms with Gasteiger partial charge in [0, 0.05) is 21.3 Å². The first-order valence-electron chi connectivity index (χ1n) is 3.58. The molecule has 0 heterocycles. The summed E-state index contributed by atoms with van der Waals surface area (Å²) in [7, 11) is -1.40. The summed E-state index contributed by atoms with van der Waals surface area (Å²) in [6.07, 6.45) is -5.15. The maximum atomic E-state index is 11.7. The summed E-state index contributed by atoms with van der Waals surface area (Å²) in [6, 6.07) is 0. The van der Waals surface area contributed by atoms with Gasteiger partial charge in [-0.3, -0.25) is 4.21 Å². The van der Waals surface area contributed by atoms with Gasteiger partial charge in [-0.05, 0) is 20.8 Å². The van der Waals surface area contributed by atoms with E-state index in [4.69, 9.17) is 0 Å². The Balaban J connectivity index is 3.90. The fourth-order valence-corrected chi connectivity index (χ4v) is 1.54. The topological polar surface area (TPSA) is 17.1 Å². The van der Waals surface area contributed by atoms with Crippen molar-refractivity contribution < 1.29 is 17.4 Å². The highest BCUT2D eigenvalue weighted by Crippen LogP contribution is 2.22. The van der Waals surface area contributed by atoms with E-state index in [9.17, 15) is 17.4 Å². The van der Waals surface area contributed by atoms with Crippen molar-refractivity contribution in [3.05, 3.63) is 0 Å². The molecule has 0 aromatic heterocycles. The molecule has 0 saturated heterocycles. The highest BCUT2D eigenvalue weighted by molar-refractivity contribution is 7.86. The van der Waals surface area contributed by atoms with Gasteiger partial charge in [-0.25, -0.2) is 0 Å². The normalized spacial score (nSPS) is 16.2. The molecule has 0 fully saturated rings. The minimum Gasteiger partial charge on any atom is -0.259 e. The van der Waals surface area contributed by atoms with Crippen molar-refractivity contribution in [2.45, 2.75) is 38.1 Å². The number of halogens is 3. The van der Waals surface area contributed by atoms with Crippen molar-refractivity contribution in [3.8, 4) is 0 Å². The predicted octanol–water partition coefficient (Wildman–Crippen LogP) is 2.49. The first-order valence-corrected chi connectivity index (χ1v) is 4.90. The lowest BCUT2D eigenvalue weighted by molar-refractivity contribution is -0.129. The predicted molar refractivity (Wildman–Crippen MR) is 43.4 cm³/mol. The highest BCUT2D eigenvalue weighted by Gasteiger charge is 2.30. The maximum Gasteiger partial charge on any atom is 0.390 e. The lowest BCUT2D eigenvalue weighted by Crippen LogP contribution is -2.26. The van der Waals surface area contributed by atoms with Gasteiger partial charge in [0.1, 0.15) is 0 Å². The van der Waals surface area contributed by atoms with E-state index >= 15 is 0 Å². The van der Waals surface area contributed by atoms with Crippen LogP contribution in [0, 0.1) is 0 Å². The van der Waals surface area contributed by atoms with Crippen LogP contribution in [0.2, 0.25) is 0 Å². The Hall–Kier alpha value is -0.0600. The molecule has 5 heteroatoms. The lowest BCUT2D eigenvalue weighted by atomic mass is 10.3. The fourth-order valence-electron chi connectivity index (χ4n) is 0.515. The van der Waals surface area contributed by atoms with Crippen molar-refractivity contribution in [2.24, 2.45) is 0 Å². The van der Waals surface area contributed by atoms with Gasteiger partial charge in [-0.15, -0.1) is 0 Å². The van der Waals surface area contributed by atoms with Crippen molar-refractivity contribution >= 4 is 10.8 Å². The van der Waals surface area contributed by atoms with Crippen LogP contribution in [0.25, 0.3) is 0 Å². The molecule has 0 saturated carbocycles. The SMILES string of the molecule is CC(C)(C)S(=O)CCC(F)(F)F. The van der Waals surface area contributed by atoms with Gasteiger partial charge in [0.15, 0.2) is 0 Å². The van der Waals surface area contributed by atoms with Gasteiger partial charge in [0.25, 0.3) is 0 Å². The lowest BCUT2D eigenvalue weighted by Gasteiger charge is -2.17. The van der Waals surface area contributed by atoms with E-state index in [1.54, 1.807) is 20.8 Å².